The monoisotopic (exact) mass is 273 g/mol. The lowest BCUT2D eigenvalue weighted by atomic mass is 10.1. The first-order valence-corrected chi connectivity index (χ1v) is 6.71. The molecular formula is C14H19N5O. The Balaban J connectivity index is 2.12. The number of aromatic nitrogens is 3. The van der Waals surface area contributed by atoms with Crippen molar-refractivity contribution in [3.63, 3.8) is 0 Å². The maximum Gasteiger partial charge on any atom is 0.323 e. The molecule has 0 amide bonds. The predicted molar refractivity (Wildman–Crippen MR) is 79.1 cm³/mol. The zero-order chi connectivity index (χ0) is 14.4. The van der Waals surface area contributed by atoms with Crippen molar-refractivity contribution < 1.29 is 4.74 Å². The first-order chi connectivity index (χ1) is 9.71. The minimum atomic E-state index is 0.138. The molecule has 0 spiro atoms. The van der Waals surface area contributed by atoms with Gasteiger partial charge >= 0.3 is 6.01 Å². The van der Waals surface area contributed by atoms with Crippen LogP contribution in [0, 0.1) is 0 Å². The fourth-order valence-corrected chi connectivity index (χ4v) is 1.64. The van der Waals surface area contributed by atoms with E-state index in [0.717, 1.165) is 18.5 Å². The highest BCUT2D eigenvalue weighted by atomic mass is 16.5. The van der Waals surface area contributed by atoms with E-state index in [4.69, 9.17) is 10.5 Å². The van der Waals surface area contributed by atoms with Gasteiger partial charge in [0.05, 0.1) is 6.61 Å². The molecule has 6 heteroatoms. The maximum atomic E-state index is 5.65. The van der Waals surface area contributed by atoms with Crippen LogP contribution < -0.4 is 15.8 Å². The van der Waals surface area contributed by atoms with E-state index in [-0.39, 0.29) is 12.0 Å². The molecule has 1 heterocycles. The van der Waals surface area contributed by atoms with Gasteiger partial charge in [-0.15, -0.1) is 0 Å². The van der Waals surface area contributed by atoms with E-state index in [1.165, 1.54) is 5.56 Å². The lowest BCUT2D eigenvalue weighted by Gasteiger charge is -2.08. The number of ether oxygens (including phenoxy) is 1. The normalized spacial score (nSPS) is 10.3. The summed E-state index contributed by atoms with van der Waals surface area (Å²) in [5.74, 6) is 0.520. The molecule has 1 aromatic heterocycles. The third-order valence-electron chi connectivity index (χ3n) is 2.69. The highest BCUT2D eigenvalue weighted by Crippen LogP contribution is 2.16. The third-order valence-corrected chi connectivity index (χ3v) is 2.69. The van der Waals surface area contributed by atoms with Gasteiger partial charge in [-0.3, -0.25) is 0 Å². The molecule has 20 heavy (non-hydrogen) atoms. The second kappa shape index (κ2) is 6.70. The average Bonchev–Trinajstić information content (AvgIpc) is 2.45. The molecule has 0 radical (unpaired) electrons. The first-order valence-electron chi connectivity index (χ1n) is 6.71. The van der Waals surface area contributed by atoms with Crippen LogP contribution in [0.4, 0.5) is 17.6 Å². The molecule has 0 atom stereocenters. The zero-order valence-electron chi connectivity index (χ0n) is 11.8. The molecular weight excluding hydrogens is 254 g/mol. The molecule has 0 saturated heterocycles. The number of hydrogen-bond donors (Lipinski definition) is 2. The van der Waals surface area contributed by atoms with Gasteiger partial charge in [0.2, 0.25) is 11.9 Å². The zero-order valence-corrected chi connectivity index (χ0v) is 11.8. The van der Waals surface area contributed by atoms with Crippen LogP contribution >= 0.6 is 0 Å². The number of nitrogens with two attached hydrogens (primary N) is 1. The summed E-state index contributed by atoms with van der Waals surface area (Å²) in [6, 6.07) is 8.31. The molecule has 6 nitrogen and oxygen atoms in total. The van der Waals surface area contributed by atoms with Crippen molar-refractivity contribution in [2.45, 2.75) is 26.7 Å². The van der Waals surface area contributed by atoms with E-state index in [9.17, 15) is 0 Å². The molecule has 2 aromatic rings. The molecule has 0 fully saturated rings. The van der Waals surface area contributed by atoms with E-state index in [1.54, 1.807) is 0 Å². The summed E-state index contributed by atoms with van der Waals surface area (Å²) >= 11 is 0. The van der Waals surface area contributed by atoms with Gasteiger partial charge in [0.25, 0.3) is 0 Å². The van der Waals surface area contributed by atoms with Crippen LogP contribution in [0.3, 0.4) is 0 Å². The van der Waals surface area contributed by atoms with E-state index in [0.29, 0.717) is 12.6 Å². The molecule has 3 N–H and O–H groups in total. The molecule has 0 unspecified atom stereocenters. The summed E-state index contributed by atoms with van der Waals surface area (Å²) < 4.78 is 5.37. The van der Waals surface area contributed by atoms with Gasteiger partial charge in [-0.05, 0) is 30.5 Å². The third kappa shape index (κ3) is 3.81. The molecule has 0 aliphatic rings. The topological polar surface area (TPSA) is 86.0 Å². The number of anilines is 3. The Morgan fingerprint density at radius 3 is 2.50 bits per heavy atom. The fourth-order valence-electron chi connectivity index (χ4n) is 1.64. The van der Waals surface area contributed by atoms with E-state index in [2.05, 4.69) is 39.3 Å². The molecule has 1 aromatic carbocycles. The van der Waals surface area contributed by atoms with Gasteiger partial charge in [-0.2, -0.15) is 15.0 Å². The van der Waals surface area contributed by atoms with Crippen molar-refractivity contribution in [2.24, 2.45) is 0 Å². The number of nitrogens with one attached hydrogen (secondary N) is 1. The second-order valence-electron chi connectivity index (χ2n) is 4.32. The summed E-state index contributed by atoms with van der Waals surface area (Å²) in [6.45, 7) is 4.68. The van der Waals surface area contributed by atoms with Gasteiger partial charge in [0.1, 0.15) is 0 Å². The molecule has 0 aliphatic heterocycles. The van der Waals surface area contributed by atoms with Crippen LogP contribution in [-0.2, 0) is 6.42 Å². The van der Waals surface area contributed by atoms with Crippen LogP contribution in [0.1, 0.15) is 25.8 Å². The Morgan fingerprint density at radius 1 is 1.10 bits per heavy atom. The minimum Gasteiger partial charge on any atom is -0.463 e. The summed E-state index contributed by atoms with van der Waals surface area (Å²) in [5, 5.41) is 3.09. The summed E-state index contributed by atoms with van der Waals surface area (Å²) in [4.78, 5) is 12.2. The molecule has 0 bridgehead atoms. The molecule has 2 rings (SSSR count). The van der Waals surface area contributed by atoms with Gasteiger partial charge < -0.3 is 15.8 Å². The van der Waals surface area contributed by atoms with Crippen LogP contribution in [0.2, 0.25) is 0 Å². The number of nitrogens with zero attached hydrogens (tertiary/aromatic N) is 3. The number of nitrogen functional groups attached to an aromatic ring is 1. The largest absolute Gasteiger partial charge is 0.463 e. The second-order valence-corrected chi connectivity index (χ2v) is 4.32. The Bertz CT molecular complexity index is 556. The van der Waals surface area contributed by atoms with Gasteiger partial charge in [-0.25, -0.2) is 0 Å². The Kier molecular flexibility index (Phi) is 4.70. The van der Waals surface area contributed by atoms with Crippen molar-refractivity contribution >= 4 is 17.6 Å². The number of aryl methyl sites for hydroxylation is 1. The van der Waals surface area contributed by atoms with Crippen molar-refractivity contribution in [1.82, 2.24) is 15.0 Å². The van der Waals surface area contributed by atoms with Crippen molar-refractivity contribution in [2.75, 3.05) is 17.7 Å². The lowest BCUT2D eigenvalue weighted by molar-refractivity contribution is 0.292. The molecule has 0 aliphatic carbocycles. The van der Waals surface area contributed by atoms with Gasteiger partial charge in [0, 0.05) is 5.69 Å². The quantitative estimate of drug-likeness (QED) is 0.841. The first kappa shape index (κ1) is 14.0. The fraction of sp³-hybridized carbons (Fsp3) is 0.357. The van der Waals surface area contributed by atoms with Crippen LogP contribution in [0.25, 0.3) is 0 Å². The minimum absolute atomic E-state index is 0.138. The van der Waals surface area contributed by atoms with E-state index < -0.39 is 0 Å². The summed E-state index contributed by atoms with van der Waals surface area (Å²) in [6.07, 6.45) is 1.89. The maximum absolute atomic E-state index is 5.65. The van der Waals surface area contributed by atoms with Crippen molar-refractivity contribution in [1.29, 1.82) is 0 Å². The highest BCUT2D eigenvalue weighted by Gasteiger charge is 2.05. The Labute approximate surface area is 118 Å². The smallest absolute Gasteiger partial charge is 0.323 e. The SMILES string of the molecule is CCCOc1nc(N)nc(Nc2ccc(CC)cc2)n1. The predicted octanol–water partition coefficient (Wildman–Crippen LogP) is 2.55. The van der Waals surface area contributed by atoms with E-state index >= 15 is 0 Å². The summed E-state index contributed by atoms with van der Waals surface area (Å²) in [5.41, 5.74) is 7.82. The number of hydrogen-bond acceptors (Lipinski definition) is 6. The highest BCUT2D eigenvalue weighted by molar-refractivity contribution is 5.54. The number of rotatable bonds is 6. The lowest BCUT2D eigenvalue weighted by Crippen LogP contribution is -2.07. The average molecular weight is 273 g/mol. The number of benzene rings is 1. The van der Waals surface area contributed by atoms with Crippen molar-refractivity contribution in [3.8, 4) is 6.01 Å². The Hall–Kier alpha value is -2.37. The van der Waals surface area contributed by atoms with Crippen LogP contribution in [0.15, 0.2) is 24.3 Å². The van der Waals surface area contributed by atoms with E-state index in [1.807, 2.05) is 19.1 Å². The standard InChI is InChI=1S/C14H19N5O/c1-3-9-20-14-18-12(15)17-13(19-14)16-11-7-5-10(4-2)6-8-11/h5-8H,3-4,9H2,1-2H3,(H3,15,16,17,18,19). The van der Waals surface area contributed by atoms with Crippen LogP contribution in [0.5, 0.6) is 6.01 Å². The Morgan fingerprint density at radius 2 is 1.85 bits per heavy atom. The molecule has 106 valence electrons. The van der Waals surface area contributed by atoms with Crippen LogP contribution in [-0.4, -0.2) is 21.6 Å². The van der Waals surface area contributed by atoms with Crippen molar-refractivity contribution in [3.05, 3.63) is 29.8 Å². The molecule has 0 saturated carbocycles. The van der Waals surface area contributed by atoms with Gasteiger partial charge in [-0.1, -0.05) is 26.0 Å². The summed E-state index contributed by atoms with van der Waals surface area (Å²) in [7, 11) is 0. The van der Waals surface area contributed by atoms with Gasteiger partial charge in [0.15, 0.2) is 0 Å².